The summed E-state index contributed by atoms with van der Waals surface area (Å²) in [6.07, 6.45) is 1.82. The summed E-state index contributed by atoms with van der Waals surface area (Å²) in [5, 5.41) is 0. The van der Waals surface area contributed by atoms with Crippen molar-refractivity contribution in [1.82, 2.24) is 0 Å². The maximum atomic E-state index is 6.35. The molecule has 0 heterocycles. The molecule has 18 heavy (non-hydrogen) atoms. The molecule has 2 nitrogen and oxygen atoms in total. The van der Waals surface area contributed by atoms with Gasteiger partial charge in [-0.25, -0.2) is 0 Å². The summed E-state index contributed by atoms with van der Waals surface area (Å²) in [6.45, 7) is 10.4. The lowest BCUT2D eigenvalue weighted by molar-refractivity contribution is 0.389. The fourth-order valence-corrected chi connectivity index (χ4v) is 4.66. The molecule has 0 saturated heterocycles. The Balaban J connectivity index is 3.05. The van der Waals surface area contributed by atoms with Crippen LogP contribution in [0.3, 0.4) is 0 Å². The van der Waals surface area contributed by atoms with Gasteiger partial charge >= 0.3 is 0 Å². The van der Waals surface area contributed by atoms with Crippen molar-refractivity contribution in [3.05, 3.63) is 30.3 Å². The van der Waals surface area contributed by atoms with Crippen LogP contribution in [0.2, 0.25) is 18.1 Å². The highest BCUT2D eigenvalue weighted by molar-refractivity contribution is 6.74. The Hall–Kier alpha value is -1.22. The molecule has 0 amide bonds. The maximum Gasteiger partial charge on any atom is 0.250 e. The lowest BCUT2D eigenvalue weighted by atomic mass is 10.2. The van der Waals surface area contributed by atoms with E-state index in [1.807, 2.05) is 24.3 Å². The van der Waals surface area contributed by atoms with Gasteiger partial charge in [0.2, 0.25) is 0 Å². The van der Waals surface area contributed by atoms with Crippen LogP contribution < -0.4 is 9.16 Å². The number of benzene rings is 1. The van der Waals surface area contributed by atoms with Crippen LogP contribution in [0.25, 0.3) is 6.08 Å². The van der Waals surface area contributed by atoms with Gasteiger partial charge in [0.15, 0.2) is 5.75 Å². The molecule has 0 saturated carbocycles. The van der Waals surface area contributed by atoms with Crippen molar-refractivity contribution in [2.75, 3.05) is 7.11 Å². The van der Waals surface area contributed by atoms with Crippen molar-refractivity contribution in [3.8, 4) is 11.5 Å². The molecule has 0 fully saturated rings. The van der Waals surface area contributed by atoms with E-state index in [2.05, 4.69) is 27.4 Å². The third kappa shape index (κ3) is 3.16. The Morgan fingerprint density at radius 2 is 1.72 bits per heavy atom. The van der Waals surface area contributed by atoms with Crippen LogP contribution in [0.1, 0.15) is 26.3 Å². The third-order valence-electron chi connectivity index (χ3n) is 3.68. The molecule has 0 aliphatic carbocycles. The molecular weight excluding hydrogens is 240 g/mol. The summed E-state index contributed by atoms with van der Waals surface area (Å²) in [5.41, 5.74) is 1.05. The fourth-order valence-electron chi connectivity index (χ4n) is 2.10. The number of rotatable bonds is 7. The lowest BCUT2D eigenvalue weighted by Crippen LogP contribution is -2.39. The molecule has 0 N–H and O–H groups in total. The van der Waals surface area contributed by atoms with Crippen LogP contribution >= 0.6 is 0 Å². The second kappa shape index (κ2) is 6.64. The Labute approximate surface area is 112 Å². The van der Waals surface area contributed by atoms with Gasteiger partial charge in [0.1, 0.15) is 5.75 Å². The van der Waals surface area contributed by atoms with Crippen molar-refractivity contribution < 1.29 is 9.16 Å². The van der Waals surface area contributed by atoms with Gasteiger partial charge in [-0.2, -0.15) is 0 Å². The zero-order valence-corrected chi connectivity index (χ0v) is 13.0. The second-order valence-electron chi connectivity index (χ2n) is 4.46. The number of hydrogen-bond acceptors (Lipinski definition) is 2. The standard InChI is InChI=1S/C15H24O2Si/c1-6-13-10-11-14(15(12-13)16-5)17-18(7-2,8-3)9-4/h6,10-12H,1,7-9H2,2-5H3. The molecule has 100 valence electrons. The van der Waals surface area contributed by atoms with E-state index in [4.69, 9.17) is 9.16 Å². The van der Waals surface area contributed by atoms with Gasteiger partial charge in [-0.15, -0.1) is 0 Å². The minimum absolute atomic E-state index is 0.805. The van der Waals surface area contributed by atoms with Crippen molar-refractivity contribution >= 4 is 14.4 Å². The van der Waals surface area contributed by atoms with E-state index < -0.39 is 8.32 Å². The average Bonchev–Trinajstić information content (AvgIpc) is 2.45. The molecule has 0 aromatic heterocycles. The van der Waals surface area contributed by atoms with E-state index >= 15 is 0 Å². The maximum absolute atomic E-state index is 6.35. The minimum atomic E-state index is -1.64. The summed E-state index contributed by atoms with van der Waals surface area (Å²) < 4.78 is 11.8. The smallest absolute Gasteiger partial charge is 0.250 e. The molecule has 0 aliphatic rings. The van der Waals surface area contributed by atoms with Crippen LogP contribution in [-0.2, 0) is 0 Å². The van der Waals surface area contributed by atoms with Crippen molar-refractivity contribution in [3.63, 3.8) is 0 Å². The van der Waals surface area contributed by atoms with Crippen LogP contribution in [0.5, 0.6) is 11.5 Å². The van der Waals surface area contributed by atoms with Crippen LogP contribution in [-0.4, -0.2) is 15.4 Å². The van der Waals surface area contributed by atoms with Crippen LogP contribution in [0.15, 0.2) is 24.8 Å². The third-order valence-corrected chi connectivity index (χ3v) is 8.20. The highest BCUT2D eigenvalue weighted by atomic mass is 28.4. The number of methoxy groups -OCH3 is 1. The van der Waals surface area contributed by atoms with E-state index in [9.17, 15) is 0 Å². The van der Waals surface area contributed by atoms with Gasteiger partial charge in [0.05, 0.1) is 7.11 Å². The molecule has 0 unspecified atom stereocenters. The quantitative estimate of drug-likeness (QED) is 0.663. The highest BCUT2D eigenvalue weighted by Gasteiger charge is 2.31. The normalized spacial score (nSPS) is 11.1. The van der Waals surface area contributed by atoms with E-state index in [0.717, 1.165) is 35.2 Å². The van der Waals surface area contributed by atoms with E-state index in [-0.39, 0.29) is 0 Å². The Morgan fingerprint density at radius 1 is 1.11 bits per heavy atom. The zero-order chi connectivity index (χ0) is 13.6. The predicted molar refractivity (Wildman–Crippen MR) is 80.9 cm³/mol. The first-order chi connectivity index (χ1) is 8.64. The molecule has 0 spiro atoms. The number of ether oxygens (including phenoxy) is 1. The predicted octanol–water partition coefficient (Wildman–Crippen LogP) is 4.72. The van der Waals surface area contributed by atoms with Gasteiger partial charge in [-0.05, 0) is 35.8 Å². The summed E-state index contributed by atoms with van der Waals surface area (Å²) in [7, 11) is 0.0434. The fraction of sp³-hybridized carbons (Fsp3) is 0.467. The first kappa shape index (κ1) is 14.8. The lowest BCUT2D eigenvalue weighted by Gasteiger charge is -2.29. The van der Waals surface area contributed by atoms with Crippen molar-refractivity contribution in [2.24, 2.45) is 0 Å². The summed E-state index contributed by atoms with van der Waals surface area (Å²) in [5.74, 6) is 1.68. The molecule has 3 heteroatoms. The molecule has 0 radical (unpaired) electrons. The first-order valence-electron chi connectivity index (χ1n) is 6.64. The van der Waals surface area contributed by atoms with Crippen LogP contribution in [0.4, 0.5) is 0 Å². The SMILES string of the molecule is C=Cc1ccc(O[Si](CC)(CC)CC)c(OC)c1. The van der Waals surface area contributed by atoms with Crippen molar-refractivity contribution in [2.45, 2.75) is 38.9 Å². The Morgan fingerprint density at radius 3 is 2.17 bits per heavy atom. The molecule has 1 aromatic carbocycles. The first-order valence-corrected chi connectivity index (χ1v) is 9.17. The summed E-state index contributed by atoms with van der Waals surface area (Å²) >= 11 is 0. The summed E-state index contributed by atoms with van der Waals surface area (Å²) in [4.78, 5) is 0. The summed E-state index contributed by atoms with van der Waals surface area (Å²) in [6, 6.07) is 9.39. The van der Waals surface area contributed by atoms with Gasteiger partial charge in [0, 0.05) is 0 Å². The zero-order valence-electron chi connectivity index (χ0n) is 12.0. The molecule has 1 rings (SSSR count). The molecular formula is C15H24O2Si. The second-order valence-corrected chi connectivity index (χ2v) is 9.15. The largest absolute Gasteiger partial charge is 0.541 e. The van der Waals surface area contributed by atoms with Crippen molar-refractivity contribution in [1.29, 1.82) is 0 Å². The minimum Gasteiger partial charge on any atom is -0.541 e. The van der Waals surface area contributed by atoms with E-state index in [1.54, 1.807) is 7.11 Å². The van der Waals surface area contributed by atoms with Gasteiger partial charge in [-0.1, -0.05) is 39.5 Å². The molecule has 1 aromatic rings. The topological polar surface area (TPSA) is 18.5 Å². The van der Waals surface area contributed by atoms with Gasteiger partial charge in [-0.3, -0.25) is 0 Å². The van der Waals surface area contributed by atoms with E-state index in [1.165, 1.54) is 0 Å². The average molecular weight is 264 g/mol. The molecule has 0 atom stereocenters. The van der Waals surface area contributed by atoms with Crippen LogP contribution in [0, 0.1) is 0 Å². The highest BCUT2D eigenvalue weighted by Crippen LogP contribution is 2.33. The van der Waals surface area contributed by atoms with Gasteiger partial charge < -0.3 is 9.16 Å². The molecule has 0 aliphatic heterocycles. The Kier molecular flexibility index (Phi) is 5.47. The molecule has 0 bridgehead atoms. The Bertz CT molecular complexity index is 389. The number of hydrogen-bond donors (Lipinski definition) is 0. The monoisotopic (exact) mass is 264 g/mol. The van der Waals surface area contributed by atoms with Gasteiger partial charge in [0.25, 0.3) is 8.32 Å². The van der Waals surface area contributed by atoms with E-state index in [0.29, 0.717) is 0 Å².